The van der Waals surface area contributed by atoms with E-state index in [9.17, 15) is 17.3 Å². The summed E-state index contributed by atoms with van der Waals surface area (Å²) in [5.74, 6) is 0. The van der Waals surface area contributed by atoms with Crippen molar-refractivity contribution in [3.8, 4) is 0 Å². The molecule has 0 atom stereocenters. The number of hydrogen-bond donors (Lipinski definition) is 0. The standard InChI is InChI=1S/C14H18NO.BF4/c1-4-15-11(3)13(10-16-5-2)12-8-6-7-9-14(12)15;2-1(3,4)5/h6-10H,4-5H2,1-3H3;/q+1;-1/b13-10-;. The maximum absolute atomic E-state index is 9.75. The maximum atomic E-state index is 9.75. The van der Waals surface area contributed by atoms with Crippen LogP contribution in [0.4, 0.5) is 23.0 Å². The molecule has 0 N–H and O–H groups in total. The predicted octanol–water partition coefficient (Wildman–Crippen LogP) is 4.50. The van der Waals surface area contributed by atoms with Crippen molar-refractivity contribution in [2.24, 2.45) is 0 Å². The number of rotatable bonds is 3. The van der Waals surface area contributed by atoms with Crippen LogP contribution in [0.25, 0.3) is 5.57 Å². The molecule has 0 unspecified atom stereocenters. The van der Waals surface area contributed by atoms with E-state index in [0.717, 1.165) is 6.54 Å². The molecule has 0 aromatic heterocycles. The molecule has 1 aliphatic heterocycles. The van der Waals surface area contributed by atoms with Gasteiger partial charge in [0.2, 0.25) is 5.69 Å². The molecule has 0 radical (unpaired) electrons. The second-order valence-electron chi connectivity index (χ2n) is 4.33. The fourth-order valence-electron chi connectivity index (χ4n) is 2.18. The number of halogens is 4. The molecule has 0 saturated heterocycles. The Morgan fingerprint density at radius 2 is 1.71 bits per heavy atom. The van der Waals surface area contributed by atoms with E-state index in [1.165, 1.54) is 22.5 Å². The second-order valence-corrected chi connectivity index (χ2v) is 4.33. The number of benzene rings is 1. The SMILES string of the molecule is CCO/C=C1/C(C)=[N+](CC)c2ccccc21.F[B-](F)(F)F. The van der Waals surface area contributed by atoms with Crippen molar-refractivity contribution in [3.63, 3.8) is 0 Å². The average Bonchev–Trinajstić information content (AvgIpc) is 2.66. The van der Waals surface area contributed by atoms with Crippen molar-refractivity contribution in [3.05, 3.63) is 36.1 Å². The van der Waals surface area contributed by atoms with Gasteiger partial charge in [0.25, 0.3) is 0 Å². The molecule has 7 heteroatoms. The molecule has 21 heavy (non-hydrogen) atoms. The van der Waals surface area contributed by atoms with E-state index in [2.05, 4.69) is 42.7 Å². The molecule has 0 bridgehead atoms. The number of allylic oxidation sites excluding steroid dienone is 1. The van der Waals surface area contributed by atoms with Gasteiger partial charge in [0.1, 0.15) is 6.54 Å². The quantitative estimate of drug-likeness (QED) is 0.346. The first kappa shape index (κ1) is 17.3. The summed E-state index contributed by atoms with van der Waals surface area (Å²) in [4.78, 5) is 0. The van der Waals surface area contributed by atoms with Crippen molar-refractivity contribution in [1.29, 1.82) is 0 Å². The Morgan fingerprint density at radius 3 is 2.24 bits per heavy atom. The van der Waals surface area contributed by atoms with Crippen LogP contribution >= 0.6 is 0 Å². The number of hydrogen-bond acceptors (Lipinski definition) is 1. The lowest BCUT2D eigenvalue weighted by molar-refractivity contribution is -0.432. The molecule has 2 nitrogen and oxygen atoms in total. The zero-order valence-corrected chi connectivity index (χ0v) is 12.2. The fraction of sp³-hybridized carbons (Fsp3) is 0.357. The van der Waals surface area contributed by atoms with E-state index in [0.29, 0.717) is 6.61 Å². The molecule has 0 spiro atoms. The molecule has 0 aliphatic carbocycles. The molecule has 116 valence electrons. The van der Waals surface area contributed by atoms with Crippen LogP contribution < -0.4 is 0 Å². The van der Waals surface area contributed by atoms with E-state index in [1.807, 2.05) is 13.2 Å². The summed E-state index contributed by atoms with van der Waals surface area (Å²) in [6.45, 7) is 8.03. The van der Waals surface area contributed by atoms with Crippen LogP contribution in [0, 0.1) is 0 Å². The first-order valence-corrected chi connectivity index (χ1v) is 6.69. The Morgan fingerprint density at radius 1 is 1.14 bits per heavy atom. The van der Waals surface area contributed by atoms with Gasteiger partial charge in [-0.2, -0.15) is 4.58 Å². The minimum atomic E-state index is -6.00. The fourth-order valence-corrected chi connectivity index (χ4v) is 2.18. The molecule has 1 aromatic rings. The van der Waals surface area contributed by atoms with Gasteiger partial charge in [0.05, 0.1) is 24.0 Å². The molecule has 1 aromatic carbocycles. The van der Waals surface area contributed by atoms with Gasteiger partial charge >= 0.3 is 7.25 Å². The molecule has 0 amide bonds. The van der Waals surface area contributed by atoms with Gasteiger partial charge in [0.15, 0.2) is 5.71 Å². The first-order valence-electron chi connectivity index (χ1n) is 6.69. The Labute approximate surface area is 121 Å². The van der Waals surface area contributed by atoms with Crippen molar-refractivity contribution in [2.75, 3.05) is 13.2 Å². The molecule has 1 aliphatic rings. The monoisotopic (exact) mass is 303 g/mol. The number of nitrogens with zero attached hydrogens (tertiary/aromatic N) is 1. The molecular formula is C14H18BF4NO. The Kier molecular flexibility index (Phi) is 5.99. The van der Waals surface area contributed by atoms with Gasteiger partial charge in [-0.3, -0.25) is 0 Å². The molecule has 0 saturated carbocycles. The molecular weight excluding hydrogens is 285 g/mol. The van der Waals surface area contributed by atoms with Crippen LogP contribution in [-0.4, -0.2) is 30.7 Å². The third-order valence-electron chi connectivity index (χ3n) is 2.96. The highest BCUT2D eigenvalue weighted by molar-refractivity contribution is 6.50. The summed E-state index contributed by atoms with van der Waals surface area (Å²) in [7, 11) is -6.00. The lowest BCUT2D eigenvalue weighted by Crippen LogP contribution is -2.08. The van der Waals surface area contributed by atoms with Gasteiger partial charge in [-0.1, -0.05) is 12.1 Å². The van der Waals surface area contributed by atoms with E-state index in [-0.39, 0.29) is 0 Å². The first-order chi connectivity index (χ1) is 9.79. The summed E-state index contributed by atoms with van der Waals surface area (Å²) in [5, 5.41) is 0. The van der Waals surface area contributed by atoms with Crippen molar-refractivity contribution in [1.82, 2.24) is 0 Å². The lowest BCUT2D eigenvalue weighted by Gasteiger charge is -1.97. The topological polar surface area (TPSA) is 12.2 Å². The van der Waals surface area contributed by atoms with Gasteiger partial charge in [-0.05, 0) is 19.9 Å². The lowest BCUT2D eigenvalue weighted by atomic mass is 10.1. The van der Waals surface area contributed by atoms with Gasteiger partial charge in [-0.25, -0.2) is 0 Å². The molecule has 1 heterocycles. The van der Waals surface area contributed by atoms with Gasteiger partial charge in [-0.15, -0.1) is 0 Å². The van der Waals surface area contributed by atoms with Crippen LogP contribution in [0.1, 0.15) is 26.3 Å². The van der Waals surface area contributed by atoms with Crippen LogP contribution in [0.3, 0.4) is 0 Å². The van der Waals surface area contributed by atoms with Crippen molar-refractivity contribution in [2.45, 2.75) is 20.8 Å². The largest absolute Gasteiger partial charge is 0.673 e. The third-order valence-corrected chi connectivity index (χ3v) is 2.96. The van der Waals surface area contributed by atoms with Crippen LogP contribution in [0.2, 0.25) is 0 Å². The minimum absolute atomic E-state index is 0.713. The second kappa shape index (κ2) is 7.29. The van der Waals surface area contributed by atoms with Crippen LogP contribution in [0.15, 0.2) is 30.5 Å². The smallest absolute Gasteiger partial charge is 0.501 e. The van der Waals surface area contributed by atoms with E-state index >= 15 is 0 Å². The summed E-state index contributed by atoms with van der Waals surface area (Å²) in [6.07, 6.45) is 1.88. The van der Waals surface area contributed by atoms with Gasteiger partial charge in [0, 0.05) is 13.0 Å². The highest BCUT2D eigenvalue weighted by atomic mass is 19.5. The van der Waals surface area contributed by atoms with Gasteiger partial charge < -0.3 is 22.0 Å². The number of fused-ring (bicyclic) bond motifs is 1. The van der Waals surface area contributed by atoms with Crippen LogP contribution in [0.5, 0.6) is 0 Å². The third kappa shape index (κ3) is 4.92. The van der Waals surface area contributed by atoms with Crippen LogP contribution in [-0.2, 0) is 4.74 Å². The maximum Gasteiger partial charge on any atom is 0.673 e. The molecule has 0 fully saturated rings. The van der Waals surface area contributed by atoms with Crippen molar-refractivity contribution >= 4 is 24.2 Å². The predicted molar refractivity (Wildman–Crippen MR) is 77.4 cm³/mol. The van der Waals surface area contributed by atoms with E-state index in [1.54, 1.807) is 0 Å². The highest BCUT2D eigenvalue weighted by Gasteiger charge is 2.30. The highest BCUT2D eigenvalue weighted by Crippen LogP contribution is 2.33. The Hall–Kier alpha value is -1.79. The average molecular weight is 303 g/mol. The van der Waals surface area contributed by atoms with Crippen molar-refractivity contribution < 1.29 is 26.6 Å². The van der Waals surface area contributed by atoms with E-state index in [4.69, 9.17) is 4.74 Å². The summed E-state index contributed by atoms with van der Waals surface area (Å²) < 4.78 is 46.7. The zero-order chi connectivity index (χ0) is 16.0. The summed E-state index contributed by atoms with van der Waals surface area (Å²) in [5.41, 5.74) is 5.04. The number of para-hydroxylation sites is 1. The summed E-state index contributed by atoms with van der Waals surface area (Å²) in [6, 6.07) is 8.47. The Balaban J connectivity index is 0.000000383. The normalized spacial score (nSPS) is 15.7. The molecule has 2 rings (SSSR count). The minimum Gasteiger partial charge on any atom is -0.501 e. The Bertz CT molecular complexity index is 546. The number of ether oxygens (including phenoxy) is 1. The zero-order valence-electron chi connectivity index (χ0n) is 12.2. The summed E-state index contributed by atoms with van der Waals surface area (Å²) >= 11 is 0. The van der Waals surface area contributed by atoms with E-state index < -0.39 is 7.25 Å².